The van der Waals surface area contributed by atoms with Crippen LogP contribution in [0, 0.1) is 0 Å². The molecule has 0 aromatic heterocycles. The van der Waals surface area contributed by atoms with Crippen molar-refractivity contribution in [3.8, 4) is 11.5 Å². The van der Waals surface area contributed by atoms with Crippen LogP contribution >= 0.6 is 0 Å². The van der Waals surface area contributed by atoms with Crippen LogP contribution in [-0.4, -0.2) is 45.8 Å². The molecule has 2 unspecified atom stereocenters. The van der Waals surface area contributed by atoms with Gasteiger partial charge in [0.1, 0.15) is 0 Å². The van der Waals surface area contributed by atoms with E-state index >= 15 is 0 Å². The van der Waals surface area contributed by atoms with Gasteiger partial charge in [0.15, 0.2) is 11.5 Å². The van der Waals surface area contributed by atoms with Crippen LogP contribution in [0.15, 0.2) is 24.3 Å². The molecule has 0 fully saturated rings. The highest BCUT2D eigenvalue weighted by Gasteiger charge is 2.04. The Morgan fingerprint density at radius 2 is 1.07 bits per heavy atom. The predicted molar refractivity (Wildman–Crippen MR) is 110 cm³/mol. The summed E-state index contributed by atoms with van der Waals surface area (Å²) in [5, 5.41) is 36.6. The smallest absolute Gasteiger partial charge is 0.157 e. The monoisotopic (exact) mass is 384 g/mol. The Kier molecular flexibility index (Phi) is 17.2. The lowest BCUT2D eigenvalue weighted by atomic mass is 10.1. The summed E-state index contributed by atoms with van der Waals surface area (Å²) in [5.74, 6) is -0.153. The molecule has 0 saturated heterocycles. The number of unbranched alkanes of at least 4 members (excludes halogenated alkanes) is 2. The number of ether oxygens (including phenoxy) is 1. The summed E-state index contributed by atoms with van der Waals surface area (Å²) < 4.78 is 5.52. The Morgan fingerprint density at radius 1 is 0.704 bits per heavy atom. The first kappa shape index (κ1) is 25.7. The SMILES string of the molecule is CCCCC(O)CCCOCCCC(O)CCCC.Oc1ccccc1O. The molecule has 1 aromatic rings. The topological polar surface area (TPSA) is 90.2 Å². The molecule has 5 heteroatoms. The lowest BCUT2D eigenvalue weighted by Gasteiger charge is -2.11. The zero-order valence-electron chi connectivity index (χ0n) is 17.1. The van der Waals surface area contributed by atoms with E-state index < -0.39 is 0 Å². The summed E-state index contributed by atoms with van der Waals surface area (Å²) in [5.41, 5.74) is 0. The molecular formula is C22H40O5. The molecule has 1 rings (SSSR count). The van der Waals surface area contributed by atoms with Gasteiger partial charge in [-0.2, -0.15) is 0 Å². The van der Waals surface area contributed by atoms with Crippen LogP contribution in [0.1, 0.15) is 78.1 Å². The van der Waals surface area contributed by atoms with E-state index in [1.54, 1.807) is 12.1 Å². The Labute approximate surface area is 165 Å². The highest BCUT2D eigenvalue weighted by molar-refractivity contribution is 5.36. The number of phenolic OH excluding ortho intramolecular Hbond substituents is 2. The van der Waals surface area contributed by atoms with Gasteiger partial charge in [-0.15, -0.1) is 0 Å². The Morgan fingerprint density at radius 3 is 1.41 bits per heavy atom. The van der Waals surface area contributed by atoms with Crippen LogP contribution in [0.4, 0.5) is 0 Å². The van der Waals surface area contributed by atoms with Crippen LogP contribution in [0.5, 0.6) is 11.5 Å². The van der Waals surface area contributed by atoms with Crippen molar-refractivity contribution in [2.45, 2.75) is 90.3 Å². The van der Waals surface area contributed by atoms with Gasteiger partial charge in [0.25, 0.3) is 0 Å². The molecule has 0 aliphatic rings. The van der Waals surface area contributed by atoms with Gasteiger partial charge in [0, 0.05) is 13.2 Å². The molecule has 5 nitrogen and oxygen atoms in total. The number of aromatic hydroxyl groups is 2. The summed E-state index contributed by atoms with van der Waals surface area (Å²) in [6.07, 6.45) is 9.60. The second-order valence-electron chi connectivity index (χ2n) is 6.98. The molecule has 158 valence electrons. The van der Waals surface area contributed by atoms with Gasteiger partial charge in [-0.05, 0) is 50.7 Å². The van der Waals surface area contributed by atoms with Gasteiger partial charge >= 0.3 is 0 Å². The number of benzene rings is 1. The first-order valence-corrected chi connectivity index (χ1v) is 10.4. The fourth-order valence-electron chi connectivity index (χ4n) is 2.58. The summed E-state index contributed by atoms with van der Waals surface area (Å²) in [6, 6.07) is 6.15. The average Bonchev–Trinajstić information content (AvgIpc) is 2.66. The summed E-state index contributed by atoms with van der Waals surface area (Å²) >= 11 is 0. The quantitative estimate of drug-likeness (QED) is 0.274. The van der Waals surface area contributed by atoms with E-state index in [1.165, 1.54) is 12.1 Å². The zero-order valence-corrected chi connectivity index (χ0v) is 17.1. The lowest BCUT2D eigenvalue weighted by molar-refractivity contribution is 0.0874. The molecule has 0 heterocycles. The molecular weight excluding hydrogens is 344 g/mol. The molecule has 0 saturated carbocycles. The van der Waals surface area contributed by atoms with Crippen LogP contribution in [0.2, 0.25) is 0 Å². The van der Waals surface area contributed by atoms with E-state index in [-0.39, 0.29) is 23.7 Å². The third-order valence-electron chi connectivity index (χ3n) is 4.32. The van der Waals surface area contributed by atoms with Gasteiger partial charge in [-0.3, -0.25) is 0 Å². The number of aliphatic hydroxyl groups excluding tert-OH is 2. The minimum absolute atomic E-state index is 0.0764. The molecule has 0 aliphatic heterocycles. The number of para-hydroxylation sites is 2. The van der Waals surface area contributed by atoms with Crippen molar-refractivity contribution in [2.75, 3.05) is 13.2 Å². The van der Waals surface area contributed by atoms with Crippen molar-refractivity contribution < 1.29 is 25.2 Å². The van der Waals surface area contributed by atoms with Crippen molar-refractivity contribution in [3.63, 3.8) is 0 Å². The summed E-state index contributed by atoms with van der Waals surface area (Å²) in [6.45, 7) is 5.75. The van der Waals surface area contributed by atoms with Crippen LogP contribution in [-0.2, 0) is 4.74 Å². The maximum Gasteiger partial charge on any atom is 0.157 e. The minimum atomic E-state index is -0.153. The molecule has 27 heavy (non-hydrogen) atoms. The van der Waals surface area contributed by atoms with Gasteiger partial charge in [0.05, 0.1) is 12.2 Å². The van der Waals surface area contributed by atoms with E-state index in [9.17, 15) is 10.2 Å². The third-order valence-corrected chi connectivity index (χ3v) is 4.32. The second kappa shape index (κ2) is 18.1. The second-order valence-corrected chi connectivity index (χ2v) is 6.98. The minimum Gasteiger partial charge on any atom is -0.504 e. The summed E-state index contributed by atoms with van der Waals surface area (Å²) in [7, 11) is 0. The van der Waals surface area contributed by atoms with Crippen molar-refractivity contribution in [2.24, 2.45) is 0 Å². The Hall–Kier alpha value is -1.30. The van der Waals surface area contributed by atoms with Crippen molar-refractivity contribution in [3.05, 3.63) is 24.3 Å². The van der Waals surface area contributed by atoms with Crippen LogP contribution in [0.25, 0.3) is 0 Å². The van der Waals surface area contributed by atoms with E-state index in [1.807, 2.05) is 0 Å². The van der Waals surface area contributed by atoms with E-state index in [4.69, 9.17) is 14.9 Å². The first-order chi connectivity index (χ1) is 13.0. The van der Waals surface area contributed by atoms with E-state index in [0.29, 0.717) is 0 Å². The highest BCUT2D eigenvalue weighted by Crippen LogP contribution is 2.21. The largest absolute Gasteiger partial charge is 0.504 e. The number of hydrogen-bond donors (Lipinski definition) is 4. The maximum absolute atomic E-state index is 9.65. The van der Waals surface area contributed by atoms with Gasteiger partial charge in [-0.1, -0.05) is 51.7 Å². The van der Waals surface area contributed by atoms with Gasteiger partial charge < -0.3 is 25.2 Å². The van der Waals surface area contributed by atoms with Crippen molar-refractivity contribution in [1.82, 2.24) is 0 Å². The molecule has 0 aliphatic carbocycles. The third kappa shape index (κ3) is 16.6. The van der Waals surface area contributed by atoms with E-state index in [2.05, 4.69) is 13.8 Å². The molecule has 0 amide bonds. The molecule has 0 radical (unpaired) electrons. The van der Waals surface area contributed by atoms with Crippen molar-refractivity contribution >= 4 is 0 Å². The number of phenols is 2. The Balaban J connectivity index is 0.000000694. The highest BCUT2D eigenvalue weighted by atomic mass is 16.5. The normalized spacial score (nSPS) is 12.9. The number of rotatable bonds is 14. The lowest BCUT2D eigenvalue weighted by Crippen LogP contribution is -2.10. The molecule has 2 atom stereocenters. The fourth-order valence-corrected chi connectivity index (χ4v) is 2.58. The van der Waals surface area contributed by atoms with Crippen LogP contribution < -0.4 is 0 Å². The fraction of sp³-hybridized carbons (Fsp3) is 0.727. The molecule has 4 N–H and O–H groups in total. The molecule has 1 aromatic carbocycles. The number of hydrogen-bond acceptors (Lipinski definition) is 5. The maximum atomic E-state index is 9.65. The number of aliphatic hydroxyl groups is 2. The summed E-state index contributed by atoms with van der Waals surface area (Å²) in [4.78, 5) is 0. The average molecular weight is 385 g/mol. The Bertz CT molecular complexity index is 399. The standard InChI is InChI=1S/C16H34O3.C6H6O2/c1-3-5-9-15(17)11-7-13-19-14-8-12-16(18)10-6-4-2;7-5-3-1-2-4-6(5)8/h15-18H,3-14H2,1-2H3;1-4,7-8H. The van der Waals surface area contributed by atoms with Crippen LogP contribution in [0.3, 0.4) is 0 Å². The van der Waals surface area contributed by atoms with Gasteiger partial charge in [0.2, 0.25) is 0 Å². The first-order valence-electron chi connectivity index (χ1n) is 10.4. The molecule has 0 spiro atoms. The molecule has 0 bridgehead atoms. The van der Waals surface area contributed by atoms with Gasteiger partial charge in [-0.25, -0.2) is 0 Å². The van der Waals surface area contributed by atoms with Crippen molar-refractivity contribution in [1.29, 1.82) is 0 Å². The zero-order chi connectivity index (χ0) is 20.3. The predicted octanol–water partition coefficient (Wildman–Crippen LogP) is 4.76. The van der Waals surface area contributed by atoms with E-state index in [0.717, 1.165) is 77.4 Å².